The highest BCUT2D eigenvalue weighted by Crippen LogP contribution is 2.34. The third-order valence-corrected chi connectivity index (χ3v) is 6.63. The van der Waals surface area contributed by atoms with Gasteiger partial charge in [-0.15, -0.1) is 22.0 Å². The summed E-state index contributed by atoms with van der Waals surface area (Å²) in [4.78, 5) is 1.55. The predicted molar refractivity (Wildman–Crippen MR) is 130 cm³/mol. The van der Waals surface area contributed by atoms with Crippen LogP contribution < -0.4 is 0 Å². The molecule has 6 nitrogen and oxygen atoms in total. The molecule has 0 unspecified atom stereocenters. The van der Waals surface area contributed by atoms with E-state index in [-0.39, 0.29) is 5.82 Å². The zero-order valence-corrected chi connectivity index (χ0v) is 19.7. The molecule has 9 heteroatoms. The lowest BCUT2D eigenvalue weighted by Gasteiger charge is -2.09. The van der Waals surface area contributed by atoms with E-state index in [0.717, 1.165) is 20.6 Å². The maximum atomic E-state index is 14.6. The van der Waals surface area contributed by atoms with Gasteiger partial charge < -0.3 is 0 Å². The van der Waals surface area contributed by atoms with Crippen molar-refractivity contribution in [2.24, 2.45) is 0 Å². The molecule has 0 saturated heterocycles. The Morgan fingerprint density at radius 1 is 0.879 bits per heavy atom. The van der Waals surface area contributed by atoms with E-state index in [0.29, 0.717) is 29.4 Å². The second-order valence-electron chi connectivity index (χ2n) is 7.27. The molecule has 0 N–H and O–H groups in total. The summed E-state index contributed by atoms with van der Waals surface area (Å²) in [5, 5.41) is 18.3. The van der Waals surface area contributed by atoms with Crippen LogP contribution in [-0.2, 0) is 12.3 Å². The number of hydrogen-bond donors (Lipinski definition) is 0. The lowest BCUT2D eigenvalue weighted by Crippen LogP contribution is -2.04. The first kappa shape index (κ1) is 21.5. The van der Waals surface area contributed by atoms with Crippen LogP contribution in [0.1, 0.15) is 11.1 Å². The van der Waals surface area contributed by atoms with Gasteiger partial charge in [0.1, 0.15) is 16.5 Å². The average molecular weight is 521 g/mol. The number of nitrogens with zero attached hydrogens (tertiary/aromatic N) is 6. The molecule has 0 atom stereocenters. The van der Waals surface area contributed by atoms with Gasteiger partial charge in [-0.3, -0.25) is 0 Å². The second-order valence-corrected chi connectivity index (χ2v) is 9.15. The largest absolute Gasteiger partial charge is 0.223 e. The van der Waals surface area contributed by atoms with Crippen LogP contribution in [-0.4, -0.2) is 30.0 Å². The van der Waals surface area contributed by atoms with Gasteiger partial charge in [0.15, 0.2) is 0 Å². The van der Waals surface area contributed by atoms with Crippen LogP contribution in [0.2, 0.25) is 0 Å². The van der Waals surface area contributed by atoms with Crippen LogP contribution in [0, 0.1) is 5.82 Å². The highest BCUT2D eigenvalue weighted by molar-refractivity contribution is 9.10. The van der Waals surface area contributed by atoms with Gasteiger partial charge in [0.25, 0.3) is 0 Å². The quantitative estimate of drug-likeness (QED) is 0.255. The first-order valence-electron chi connectivity index (χ1n) is 10.2. The molecule has 0 radical (unpaired) electrons. The van der Waals surface area contributed by atoms with Gasteiger partial charge in [-0.1, -0.05) is 70.5 Å². The molecule has 3 aromatic carbocycles. The number of rotatable bonds is 7. The average Bonchev–Trinajstić information content (AvgIpc) is 3.47. The number of aromatic nitrogens is 6. The summed E-state index contributed by atoms with van der Waals surface area (Å²) in [6.45, 7) is 0.494. The molecule has 164 valence electrons. The van der Waals surface area contributed by atoms with Crippen molar-refractivity contribution in [3.8, 4) is 17.1 Å². The number of para-hydroxylation sites is 1. The smallest absolute Gasteiger partial charge is 0.209 e. The van der Waals surface area contributed by atoms with Crippen LogP contribution in [0.15, 0.2) is 94.6 Å². The molecular formula is C24H18BrFN6S. The maximum Gasteiger partial charge on any atom is 0.209 e. The fourth-order valence-corrected chi connectivity index (χ4v) is 4.65. The van der Waals surface area contributed by atoms with Crippen molar-refractivity contribution < 1.29 is 4.39 Å². The van der Waals surface area contributed by atoms with Crippen LogP contribution in [0.3, 0.4) is 0 Å². The summed E-state index contributed by atoms with van der Waals surface area (Å²) in [6, 6.07) is 24.6. The minimum absolute atomic E-state index is 0.347. The highest BCUT2D eigenvalue weighted by atomic mass is 79.9. The van der Waals surface area contributed by atoms with Crippen LogP contribution >= 0.6 is 27.7 Å². The predicted octanol–water partition coefficient (Wildman–Crippen LogP) is 5.77. The van der Waals surface area contributed by atoms with Gasteiger partial charge in [0.05, 0.1) is 18.3 Å². The second kappa shape index (κ2) is 9.68. The normalized spacial score (nSPS) is 11.1. The van der Waals surface area contributed by atoms with Crippen LogP contribution in [0.4, 0.5) is 4.39 Å². The number of hydrogen-bond acceptors (Lipinski definition) is 5. The molecule has 5 aromatic rings. The van der Waals surface area contributed by atoms with E-state index in [1.807, 2.05) is 42.5 Å². The van der Waals surface area contributed by atoms with E-state index in [9.17, 15) is 4.39 Å². The van der Waals surface area contributed by atoms with E-state index in [1.165, 1.54) is 6.07 Å². The standard InChI is InChI=1S/C24H18BrFN6S/c25-19-12-10-17(11-13-19)15-31-29-23(28-30-31)20-14-27-32(22-9-5-4-8-21(22)26)24(20)33-16-18-6-2-1-3-7-18/h1-14H,15-16H2. The van der Waals surface area contributed by atoms with Gasteiger partial charge in [0, 0.05) is 10.2 Å². The number of tetrazole rings is 1. The van der Waals surface area contributed by atoms with Crippen LogP contribution in [0.5, 0.6) is 0 Å². The lowest BCUT2D eigenvalue weighted by molar-refractivity contribution is 0.572. The minimum atomic E-state index is -0.347. The first-order valence-corrected chi connectivity index (χ1v) is 12.0. The number of halogens is 2. The minimum Gasteiger partial charge on any atom is -0.223 e. The summed E-state index contributed by atoms with van der Waals surface area (Å²) in [5.41, 5.74) is 3.30. The Morgan fingerprint density at radius 2 is 1.64 bits per heavy atom. The van der Waals surface area contributed by atoms with Gasteiger partial charge in [-0.2, -0.15) is 9.90 Å². The van der Waals surface area contributed by atoms with E-state index in [4.69, 9.17) is 0 Å². The summed E-state index contributed by atoms with van der Waals surface area (Å²) >= 11 is 5.00. The highest BCUT2D eigenvalue weighted by Gasteiger charge is 2.20. The molecule has 5 rings (SSSR count). The van der Waals surface area contributed by atoms with E-state index in [1.54, 1.807) is 45.6 Å². The Labute approximate surface area is 202 Å². The topological polar surface area (TPSA) is 61.4 Å². The lowest BCUT2D eigenvalue weighted by atomic mass is 10.2. The molecule has 0 fully saturated rings. The van der Waals surface area contributed by atoms with E-state index >= 15 is 0 Å². The molecule has 0 saturated carbocycles. The Kier molecular flexibility index (Phi) is 6.32. The summed E-state index contributed by atoms with van der Waals surface area (Å²) in [7, 11) is 0. The number of benzene rings is 3. The maximum absolute atomic E-state index is 14.6. The third kappa shape index (κ3) is 4.89. The Hall–Kier alpha value is -3.30. The van der Waals surface area contributed by atoms with Crippen molar-refractivity contribution in [3.63, 3.8) is 0 Å². The zero-order chi connectivity index (χ0) is 22.6. The molecule has 0 aliphatic carbocycles. The van der Waals surface area contributed by atoms with Crippen molar-refractivity contribution >= 4 is 27.7 Å². The fraction of sp³-hybridized carbons (Fsp3) is 0.0833. The number of thioether (sulfide) groups is 1. The van der Waals surface area contributed by atoms with Crippen molar-refractivity contribution in [3.05, 3.63) is 106 Å². The fourth-order valence-electron chi connectivity index (χ4n) is 3.32. The van der Waals surface area contributed by atoms with Crippen molar-refractivity contribution in [1.29, 1.82) is 0 Å². The van der Waals surface area contributed by atoms with Gasteiger partial charge in [-0.25, -0.2) is 9.07 Å². The molecule has 0 aliphatic rings. The SMILES string of the molecule is Fc1ccccc1-n1ncc(-c2nnn(Cc3ccc(Br)cc3)n2)c1SCc1ccccc1. The molecule has 0 amide bonds. The van der Waals surface area contributed by atoms with Gasteiger partial charge in [-0.05, 0) is 40.6 Å². The van der Waals surface area contributed by atoms with Crippen molar-refractivity contribution in [2.75, 3.05) is 0 Å². The zero-order valence-electron chi connectivity index (χ0n) is 17.3. The first-order chi connectivity index (χ1) is 16.2. The molecule has 33 heavy (non-hydrogen) atoms. The summed E-state index contributed by atoms with van der Waals surface area (Å²) in [5.74, 6) is 0.798. The molecule has 0 aliphatic heterocycles. The monoisotopic (exact) mass is 520 g/mol. The Balaban J connectivity index is 1.48. The summed E-state index contributed by atoms with van der Waals surface area (Å²) < 4.78 is 17.2. The van der Waals surface area contributed by atoms with Gasteiger partial charge >= 0.3 is 0 Å². The molecule has 0 bridgehead atoms. The van der Waals surface area contributed by atoms with Crippen LogP contribution in [0.25, 0.3) is 17.1 Å². The Bertz CT molecular complexity index is 1370. The molecular weight excluding hydrogens is 503 g/mol. The van der Waals surface area contributed by atoms with Gasteiger partial charge in [0.2, 0.25) is 5.82 Å². The Morgan fingerprint density at radius 3 is 2.42 bits per heavy atom. The third-order valence-electron chi connectivity index (χ3n) is 4.96. The van der Waals surface area contributed by atoms with E-state index in [2.05, 4.69) is 48.6 Å². The van der Waals surface area contributed by atoms with Crippen molar-refractivity contribution in [2.45, 2.75) is 17.3 Å². The molecule has 2 heterocycles. The molecule has 0 spiro atoms. The summed E-state index contributed by atoms with van der Waals surface area (Å²) in [6.07, 6.45) is 1.67. The van der Waals surface area contributed by atoms with Crippen molar-refractivity contribution in [1.82, 2.24) is 30.0 Å². The molecule has 2 aromatic heterocycles. The van der Waals surface area contributed by atoms with E-state index < -0.39 is 0 Å².